The molecule has 0 saturated carbocycles. The second-order valence-electron chi connectivity index (χ2n) is 9.73. The Morgan fingerprint density at radius 3 is 2.59 bits per heavy atom. The third kappa shape index (κ3) is 5.26. The summed E-state index contributed by atoms with van der Waals surface area (Å²) in [5, 5.41) is 16.3. The molecule has 0 aliphatic carbocycles. The first-order valence-corrected chi connectivity index (χ1v) is 13.0. The summed E-state index contributed by atoms with van der Waals surface area (Å²) in [6.07, 6.45) is 1.74. The van der Waals surface area contributed by atoms with E-state index in [-0.39, 0.29) is 29.5 Å². The van der Waals surface area contributed by atoms with Crippen molar-refractivity contribution in [2.75, 3.05) is 10.2 Å². The summed E-state index contributed by atoms with van der Waals surface area (Å²) in [4.78, 5) is 30.3. The molecule has 9 heteroatoms. The van der Waals surface area contributed by atoms with Gasteiger partial charge in [-0.25, -0.2) is 4.79 Å². The molecule has 1 fully saturated rings. The van der Waals surface area contributed by atoms with Crippen LogP contribution in [0.3, 0.4) is 0 Å². The van der Waals surface area contributed by atoms with Crippen LogP contribution in [0.2, 0.25) is 0 Å². The van der Waals surface area contributed by atoms with Crippen molar-refractivity contribution in [2.45, 2.75) is 32.9 Å². The van der Waals surface area contributed by atoms with Gasteiger partial charge in [-0.2, -0.15) is 0 Å². The molecule has 5 rings (SSSR count). The number of aromatic nitrogens is 1. The number of amides is 1. The van der Waals surface area contributed by atoms with Crippen molar-refractivity contribution in [3.8, 4) is 11.3 Å². The molecule has 1 aliphatic heterocycles. The van der Waals surface area contributed by atoms with E-state index in [1.54, 1.807) is 24.4 Å². The lowest BCUT2D eigenvalue weighted by atomic mass is 10.0. The summed E-state index contributed by atoms with van der Waals surface area (Å²) in [7, 11) is 0. The molecule has 2 atom stereocenters. The van der Waals surface area contributed by atoms with E-state index >= 15 is 0 Å². The number of carboxylic acids is 1. The molecule has 39 heavy (non-hydrogen) atoms. The summed E-state index contributed by atoms with van der Waals surface area (Å²) >= 11 is 5.81. The Labute approximate surface area is 231 Å². The number of benzene rings is 2. The van der Waals surface area contributed by atoms with Crippen LogP contribution in [0, 0.1) is 12.8 Å². The molecular weight excluding hydrogens is 512 g/mol. The number of thiocarbonyl (C=S) groups is 1. The molecule has 2 aromatic heterocycles. The Kier molecular flexibility index (Phi) is 7.17. The zero-order chi connectivity index (χ0) is 27.7. The van der Waals surface area contributed by atoms with E-state index in [9.17, 15) is 14.7 Å². The van der Waals surface area contributed by atoms with E-state index in [1.165, 1.54) is 0 Å². The van der Waals surface area contributed by atoms with Gasteiger partial charge in [0.2, 0.25) is 5.91 Å². The van der Waals surface area contributed by atoms with E-state index in [1.807, 2.05) is 80.3 Å². The Morgan fingerprint density at radius 1 is 1.08 bits per heavy atom. The molecule has 3 heterocycles. The first-order chi connectivity index (χ1) is 18.7. The zero-order valence-electron chi connectivity index (χ0n) is 21.7. The first kappa shape index (κ1) is 26.1. The van der Waals surface area contributed by atoms with E-state index in [2.05, 4.69) is 15.6 Å². The van der Waals surface area contributed by atoms with Crippen LogP contribution in [0.5, 0.6) is 0 Å². The highest BCUT2D eigenvalue weighted by Gasteiger charge is 2.42. The molecule has 198 valence electrons. The number of nitrogens with one attached hydrogen (secondary N) is 2. The van der Waals surface area contributed by atoms with Crippen LogP contribution in [-0.2, 0) is 4.79 Å². The van der Waals surface area contributed by atoms with E-state index < -0.39 is 5.97 Å². The van der Waals surface area contributed by atoms with Crippen LogP contribution >= 0.6 is 12.2 Å². The quantitative estimate of drug-likeness (QED) is 0.241. The fourth-order valence-electron chi connectivity index (χ4n) is 4.61. The molecule has 1 aliphatic rings. The molecule has 2 aromatic carbocycles. The predicted octanol–water partition coefficient (Wildman–Crippen LogP) is 6.12. The lowest BCUT2D eigenvalue weighted by Crippen LogP contribution is -2.29. The number of carbonyl (C=O) groups is 2. The average Bonchev–Trinajstić information content (AvgIpc) is 3.55. The minimum absolute atomic E-state index is 0.0487. The van der Waals surface area contributed by atoms with Crippen LogP contribution < -0.4 is 15.5 Å². The maximum Gasteiger partial charge on any atom is 0.335 e. The third-order valence-electron chi connectivity index (χ3n) is 6.68. The van der Waals surface area contributed by atoms with E-state index in [0.29, 0.717) is 22.2 Å². The molecule has 1 saturated heterocycles. The van der Waals surface area contributed by atoms with Gasteiger partial charge in [0.1, 0.15) is 17.6 Å². The molecule has 0 unspecified atom stereocenters. The number of aromatic carboxylic acids is 1. The van der Waals surface area contributed by atoms with Gasteiger partial charge in [-0.1, -0.05) is 32.0 Å². The molecule has 0 spiro atoms. The van der Waals surface area contributed by atoms with Gasteiger partial charge in [0.05, 0.1) is 17.3 Å². The standard InChI is InChI=1S/C30H28N4O4S/c1-17(2)28(35)32-22-11-10-21(15-18(22)3)34-27(26(33-30(34)39)23-9-4-5-14-31-23)25-13-12-24(38-25)19-7-6-8-20(16-19)29(36)37/h4-17,26-27H,1-3H3,(H,32,35)(H,33,39)(H,36,37)/t26-,27+/m0/s1. The normalized spacial score (nSPS) is 16.8. The van der Waals surface area contributed by atoms with Crippen molar-refractivity contribution in [1.29, 1.82) is 0 Å². The van der Waals surface area contributed by atoms with Crippen LogP contribution in [0.4, 0.5) is 11.4 Å². The summed E-state index contributed by atoms with van der Waals surface area (Å²) in [5.41, 5.74) is 4.12. The number of pyridine rings is 1. The van der Waals surface area contributed by atoms with Gasteiger partial charge >= 0.3 is 5.97 Å². The van der Waals surface area contributed by atoms with Crippen molar-refractivity contribution >= 4 is 40.6 Å². The van der Waals surface area contributed by atoms with Crippen LogP contribution in [0.25, 0.3) is 11.3 Å². The van der Waals surface area contributed by atoms with Gasteiger partial charge in [-0.3, -0.25) is 9.78 Å². The summed E-state index contributed by atoms with van der Waals surface area (Å²) in [6.45, 7) is 5.65. The Bertz CT molecular complexity index is 1550. The monoisotopic (exact) mass is 540 g/mol. The largest absolute Gasteiger partial charge is 0.478 e. The maximum atomic E-state index is 12.3. The fourth-order valence-corrected chi connectivity index (χ4v) is 4.96. The van der Waals surface area contributed by atoms with Crippen molar-refractivity contribution in [3.05, 3.63) is 102 Å². The first-order valence-electron chi connectivity index (χ1n) is 12.6. The summed E-state index contributed by atoms with van der Waals surface area (Å²) < 4.78 is 6.35. The van der Waals surface area contributed by atoms with E-state index in [4.69, 9.17) is 16.6 Å². The van der Waals surface area contributed by atoms with Crippen molar-refractivity contribution < 1.29 is 19.1 Å². The van der Waals surface area contributed by atoms with Crippen LogP contribution in [-0.4, -0.2) is 27.1 Å². The highest BCUT2D eigenvalue weighted by Crippen LogP contribution is 2.43. The molecule has 8 nitrogen and oxygen atoms in total. The molecule has 0 bridgehead atoms. The van der Waals surface area contributed by atoms with Crippen molar-refractivity contribution in [3.63, 3.8) is 0 Å². The molecule has 4 aromatic rings. The Morgan fingerprint density at radius 2 is 1.90 bits per heavy atom. The van der Waals surface area contributed by atoms with Gasteiger partial charge in [0, 0.05) is 29.1 Å². The minimum Gasteiger partial charge on any atom is -0.478 e. The number of hydrogen-bond acceptors (Lipinski definition) is 5. The van der Waals surface area contributed by atoms with Crippen LogP contribution in [0.1, 0.15) is 53.3 Å². The van der Waals surface area contributed by atoms with Gasteiger partial charge in [0.15, 0.2) is 5.11 Å². The number of anilines is 2. The lowest BCUT2D eigenvalue weighted by Gasteiger charge is -2.27. The number of hydrogen-bond donors (Lipinski definition) is 3. The summed E-state index contributed by atoms with van der Waals surface area (Å²) in [6, 6.07) is 21.2. The number of nitrogens with zero attached hydrogens (tertiary/aromatic N) is 2. The highest BCUT2D eigenvalue weighted by atomic mass is 32.1. The molecule has 3 N–H and O–H groups in total. The smallest absolute Gasteiger partial charge is 0.335 e. The molecular formula is C30H28N4O4S. The highest BCUT2D eigenvalue weighted by molar-refractivity contribution is 7.80. The fraction of sp³-hybridized carbons (Fsp3) is 0.200. The minimum atomic E-state index is -1.00. The Balaban J connectivity index is 1.55. The number of carbonyl (C=O) groups excluding carboxylic acids is 1. The Hall–Kier alpha value is -4.50. The second-order valence-corrected chi connectivity index (χ2v) is 10.1. The number of carboxylic acid groups (broad SMARTS) is 1. The van der Waals surface area contributed by atoms with Gasteiger partial charge < -0.3 is 25.1 Å². The lowest BCUT2D eigenvalue weighted by molar-refractivity contribution is -0.118. The molecule has 1 amide bonds. The summed E-state index contributed by atoms with van der Waals surface area (Å²) in [5.74, 6) is 0.00979. The third-order valence-corrected chi connectivity index (χ3v) is 7.00. The predicted molar refractivity (Wildman–Crippen MR) is 154 cm³/mol. The zero-order valence-corrected chi connectivity index (χ0v) is 22.5. The number of furan rings is 1. The topological polar surface area (TPSA) is 108 Å². The SMILES string of the molecule is Cc1cc(N2C(=S)N[C@@H](c3ccccn3)[C@H]2c2ccc(-c3cccc(C(=O)O)c3)o2)ccc1NC(=O)C(C)C. The number of aryl methyl sites for hydroxylation is 1. The van der Waals surface area contributed by atoms with Gasteiger partial charge in [-0.05, 0) is 79.3 Å². The van der Waals surface area contributed by atoms with Gasteiger partial charge in [-0.15, -0.1) is 0 Å². The average molecular weight is 541 g/mol. The van der Waals surface area contributed by atoms with E-state index in [0.717, 1.165) is 22.6 Å². The van der Waals surface area contributed by atoms with Gasteiger partial charge in [0.25, 0.3) is 0 Å². The van der Waals surface area contributed by atoms with Crippen LogP contribution in [0.15, 0.2) is 83.4 Å². The molecule has 0 radical (unpaired) electrons. The van der Waals surface area contributed by atoms with Crippen molar-refractivity contribution in [1.82, 2.24) is 10.3 Å². The second kappa shape index (κ2) is 10.7. The van der Waals surface area contributed by atoms with Crippen molar-refractivity contribution in [2.24, 2.45) is 5.92 Å². The maximum absolute atomic E-state index is 12.3. The number of rotatable bonds is 7.